The van der Waals surface area contributed by atoms with Crippen LogP contribution in [0.25, 0.3) is 0 Å². The first-order valence-corrected chi connectivity index (χ1v) is 11.6. The topological polar surface area (TPSA) is 97.1 Å². The molecule has 0 saturated heterocycles. The number of fused-ring (bicyclic) bond motifs is 2. The van der Waals surface area contributed by atoms with Gasteiger partial charge < -0.3 is 24.7 Å². The second kappa shape index (κ2) is 7.90. The van der Waals surface area contributed by atoms with Crippen LogP contribution in [-0.4, -0.2) is 37.9 Å². The maximum absolute atomic E-state index is 14.1. The third-order valence-corrected chi connectivity index (χ3v) is 7.69. The Morgan fingerprint density at radius 1 is 1.12 bits per heavy atom. The summed E-state index contributed by atoms with van der Waals surface area (Å²) in [4.78, 5) is 27.2. The van der Waals surface area contributed by atoms with Crippen molar-refractivity contribution in [2.45, 2.75) is 31.0 Å². The van der Waals surface area contributed by atoms with Crippen molar-refractivity contribution >= 4 is 34.8 Å². The molecule has 9 heteroatoms. The Hall–Kier alpha value is -2.74. The lowest BCUT2D eigenvalue weighted by Crippen LogP contribution is -2.52. The number of ether oxygens (including phenoxy) is 4. The van der Waals surface area contributed by atoms with Crippen LogP contribution < -0.4 is 19.9 Å². The lowest BCUT2D eigenvalue weighted by atomic mass is 9.72. The van der Waals surface area contributed by atoms with Crippen molar-refractivity contribution in [1.29, 1.82) is 0 Å². The lowest BCUT2D eigenvalue weighted by molar-refractivity contribution is -0.119. The highest BCUT2D eigenvalue weighted by atomic mass is 35.5. The first kappa shape index (κ1) is 23.0. The zero-order chi connectivity index (χ0) is 24.4. The number of benzene rings is 2. The summed E-state index contributed by atoms with van der Waals surface area (Å²) in [5.74, 6) is -0.163. The summed E-state index contributed by atoms with van der Waals surface area (Å²) in [5.41, 5.74) is 4.72. The molecular weight excluding hydrogens is 481 g/mol. The Bertz CT molecular complexity index is 1270. The number of carbonyl (C=O) groups excluding carboxylic acids is 2. The van der Waals surface area contributed by atoms with Gasteiger partial charge >= 0.3 is 0 Å². The Morgan fingerprint density at radius 2 is 1.82 bits per heavy atom. The van der Waals surface area contributed by atoms with Crippen molar-refractivity contribution in [1.82, 2.24) is 0 Å². The van der Waals surface area contributed by atoms with Crippen LogP contribution in [-0.2, 0) is 15.1 Å². The van der Waals surface area contributed by atoms with E-state index < -0.39 is 17.1 Å². The number of carbonyl (C=O) groups is 2. The molecule has 0 amide bonds. The summed E-state index contributed by atoms with van der Waals surface area (Å²) < 4.78 is 23.7. The molecule has 0 unspecified atom stereocenters. The van der Waals surface area contributed by atoms with E-state index in [2.05, 4.69) is 0 Å². The average molecular weight is 504 g/mol. The quantitative estimate of drug-likeness (QED) is 0.657. The van der Waals surface area contributed by atoms with E-state index in [4.69, 9.17) is 47.9 Å². The normalized spacial score (nSPS) is 27.4. The molecule has 2 heterocycles. The molecule has 5 rings (SSSR count). The van der Waals surface area contributed by atoms with Gasteiger partial charge in [-0.2, -0.15) is 0 Å². The van der Waals surface area contributed by atoms with Crippen molar-refractivity contribution in [3.63, 3.8) is 0 Å². The molecule has 3 aliphatic rings. The van der Waals surface area contributed by atoms with Crippen molar-refractivity contribution in [2.75, 3.05) is 20.8 Å². The number of halogens is 2. The van der Waals surface area contributed by atoms with E-state index >= 15 is 0 Å². The van der Waals surface area contributed by atoms with Crippen LogP contribution in [0.3, 0.4) is 0 Å². The third-order valence-electron chi connectivity index (χ3n) is 7.01. The number of methoxy groups -OCH3 is 2. The Kier molecular flexibility index (Phi) is 5.35. The van der Waals surface area contributed by atoms with E-state index in [1.165, 1.54) is 14.2 Å². The minimum absolute atomic E-state index is 0.0422. The number of rotatable bonds is 4. The van der Waals surface area contributed by atoms with Gasteiger partial charge in [0.2, 0.25) is 11.4 Å². The van der Waals surface area contributed by atoms with Crippen LogP contribution in [0.15, 0.2) is 41.7 Å². The molecular formula is C25H23Cl2NO6. The SMILES string of the molecule is COc1cc(OC)c2c(c1Cl)O[C@]1(C2=O)C2=C(C[C@](CN)(c3ccccc3Cl)O2)C(=O)C[C@H]1C. The highest BCUT2D eigenvalue weighted by molar-refractivity contribution is 6.35. The fourth-order valence-electron chi connectivity index (χ4n) is 5.23. The second-order valence-corrected chi connectivity index (χ2v) is 9.54. The fourth-order valence-corrected chi connectivity index (χ4v) is 5.81. The molecule has 34 heavy (non-hydrogen) atoms. The number of Topliss-reactive ketones (excluding diaryl/α,β-unsaturated/α-hetero) is 2. The van der Waals surface area contributed by atoms with Crippen LogP contribution in [0, 0.1) is 5.92 Å². The van der Waals surface area contributed by atoms with E-state index in [0.29, 0.717) is 21.9 Å². The molecule has 0 radical (unpaired) electrons. The van der Waals surface area contributed by atoms with Crippen LogP contribution in [0.2, 0.25) is 10.0 Å². The molecule has 0 bridgehead atoms. The van der Waals surface area contributed by atoms with Crippen molar-refractivity contribution < 1.29 is 28.5 Å². The highest BCUT2D eigenvalue weighted by Crippen LogP contribution is 2.59. The molecule has 3 atom stereocenters. The molecule has 178 valence electrons. The first-order chi connectivity index (χ1) is 16.2. The molecule has 2 N–H and O–H groups in total. The van der Waals surface area contributed by atoms with Gasteiger partial charge in [0.25, 0.3) is 0 Å². The van der Waals surface area contributed by atoms with Crippen LogP contribution >= 0.6 is 23.2 Å². The summed E-state index contributed by atoms with van der Waals surface area (Å²) in [6.07, 6.45) is 0.277. The average Bonchev–Trinajstić information content (AvgIpc) is 3.38. The van der Waals surface area contributed by atoms with Gasteiger partial charge in [0.1, 0.15) is 22.1 Å². The molecule has 0 fully saturated rings. The largest absolute Gasteiger partial charge is 0.496 e. The molecule has 2 aliphatic heterocycles. The van der Waals surface area contributed by atoms with E-state index in [9.17, 15) is 9.59 Å². The fraction of sp³-hybridized carbons (Fsp3) is 0.360. The number of hydrogen-bond acceptors (Lipinski definition) is 7. The molecule has 1 aliphatic carbocycles. The van der Waals surface area contributed by atoms with Gasteiger partial charge in [-0.05, 0) is 6.07 Å². The summed E-state index contributed by atoms with van der Waals surface area (Å²) in [7, 11) is 2.91. The predicted octanol–water partition coefficient (Wildman–Crippen LogP) is 4.46. The van der Waals surface area contributed by atoms with Gasteiger partial charge in [-0.15, -0.1) is 0 Å². The van der Waals surface area contributed by atoms with Crippen LogP contribution in [0.5, 0.6) is 17.2 Å². The maximum Gasteiger partial charge on any atom is 0.231 e. The number of nitrogens with two attached hydrogens (primary N) is 1. The number of ketones is 2. The molecule has 2 aromatic rings. The Morgan fingerprint density at radius 3 is 2.47 bits per heavy atom. The van der Waals surface area contributed by atoms with Gasteiger partial charge in [0, 0.05) is 47.5 Å². The number of hydrogen-bond donors (Lipinski definition) is 1. The summed E-state index contributed by atoms with van der Waals surface area (Å²) in [5, 5.41) is 0.600. The van der Waals surface area contributed by atoms with E-state index in [-0.39, 0.29) is 58.8 Å². The second-order valence-electron chi connectivity index (χ2n) is 8.76. The van der Waals surface area contributed by atoms with Gasteiger partial charge in [-0.1, -0.05) is 48.3 Å². The highest BCUT2D eigenvalue weighted by Gasteiger charge is 2.65. The van der Waals surface area contributed by atoms with Gasteiger partial charge in [0.15, 0.2) is 22.9 Å². The maximum atomic E-state index is 14.1. The summed E-state index contributed by atoms with van der Waals surface area (Å²) in [6.45, 7) is 1.82. The van der Waals surface area contributed by atoms with E-state index in [0.717, 1.165) is 0 Å². The summed E-state index contributed by atoms with van der Waals surface area (Å²) in [6, 6.07) is 8.71. The molecule has 7 nitrogen and oxygen atoms in total. The van der Waals surface area contributed by atoms with Gasteiger partial charge in [-0.25, -0.2) is 0 Å². The smallest absolute Gasteiger partial charge is 0.231 e. The van der Waals surface area contributed by atoms with E-state index in [1.54, 1.807) is 25.1 Å². The molecule has 0 aromatic heterocycles. The van der Waals surface area contributed by atoms with E-state index in [1.807, 2.05) is 12.1 Å². The lowest BCUT2D eigenvalue weighted by Gasteiger charge is -2.38. The monoisotopic (exact) mass is 503 g/mol. The van der Waals surface area contributed by atoms with Gasteiger partial charge in [0.05, 0.1) is 14.2 Å². The van der Waals surface area contributed by atoms with Crippen molar-refractivity contribution in [2.24, 2.45) is 11.7 Å². The minimum atomic E-state index is -1.59. The molecule has 0 saturated carbocycles. The zero-order valence-corrected chi connectivity index (χ0v) is 20.4. The molecule has 2 aromatic carbocycles. The van der Waals surface area contributed by atoms with Crippen molar-refractivity contribution in [3.05, 3.63) is 62.8 Å². The predicted molar refractivity (Wildman–Crippen MR) is 126 cm³/mol. The first-order valence-electron chi connectivity index (χ1n) is 10.8. The zero-order valence-electron chi connectivity index (χ0n) is 18.9. The minimum Gasteiger partial charge on any atom is -0.496 e. The standard InChI is InChI=1S/C25H23Cl2NO6/c1-12-8-16(29)13-10-24(11-28,14-6-4-5-7-15(14)26)34-23(13)25(12)22(30)19-17(31-2)9-18(32-3)20(27)21(19)33-25/h4-7,9,12H,8,10-11,28H2,1-3H3/t12-,24+,25-/m1/s1. The Balaban J connectivity index is 1.70. The van der Waals surface area contributed by atoms with Crippen LogP contribution in [0.1, 0.15) is 35.7 Å². The summed E-state index contributed by atoms with van der Waals surface area (Å²) >= 11 is 13.0. The Labute approximate surface area is 206 Å². The molecule has 1 spiro atoms. The van der Waals surface area contributed by atoms with Crippen molar-refractivity contribution in [3.8, 4) is 17.2 Å². The van der Waals surface area contributed by atoms with Gasteiger partial charge in [-0.3, -0.25) is 9.59 Å². The van der Waals surface area contributed by atoms with Crippen LogP contribution in [0.4, 0.5) is 0 Å². The third kappa shape index (κ3) is 2.87.